The lowest BCUT2D eigenvalue weighted by Crippen LogP contribution is -2.15. The zero-order chi connectivity index (χ0) is 19.0. The lowest BCUT2D eigenvalue weighted by molar-refractivity contribution is 0.0964. The Hall–Kier alpha value is -3.47. The van der Waals surface area contributed by atoms with Crippen LogP contribution in [0.5, 0.6) is 0 Å². The van der Waals surface area contributed by atoms with Crippen molar-refractivity contribution >= 4 is 17.5 Å². The van der Waals surface area contributed by atoms with Gasteiger partial charge in [0.1, 0.15) is 5.82 Å². The van der Waals surface area contributed by atoms with Gasteiger partial charge in [-0.1, -0.05) is 36.4 Å². The van der Waals surface area contributed by atoms with E-state index >= 15 is 0 Å². The van der Waals surface area contributed by atoms with Crippen molar-refractivity contribution in [3.05, 3.63) is 83.0 Å². The maximum atomic E-state index is 13.1. The lowest BCUT2D eigenvalue weighted by Gasteiger charge is -2.12. The summed E-state index contributed by atoms with van der Waals surface area (Å²) in [4.78, 5) is 28.8. The van der Waals surface area contributed by atoms with Crippen LogP contribution >= 0.6 is 0 Å². The smallest absolute Gasteiger partial charge is 0.248 e. The van der Waals surface area contributed by atoms with E-state index in [-0.39, 0.29) is 11.7 Å². The van der Waals surface area contributed by atoms with E-state index in [1.807, 2.05) is 49.4 Å². The van der Waals surface area contributed by atoms with E-state index in [0.717, 1.165) is 33.6 Å². The average Bonchev–Trinajstić information content (AvgIpc) is 3.11. The number of hydrogen-bond donors (Lipinski definition) is 2. The van der Waals surface area contributed by atoms with E-state index in [1.165, 1.54) is 0 Å². The number of ketones is 1. The molecule has 5 nitrogen and oxygen atoms in total. The first-order valence-electron chi connectivity index (χ1n) is 8.78. The van der Waals surface area contributed by atoms with Gasteiger partial charge in [-0.2, -0.15) is 0 Å². The molecule has 1 aliphatic heterocycles. The predicted molar refractivity (Wildman–Crippen MR) is 105 cm³/mol. The van der Waals surface area contributed by atoms with Gasteiger partial charge >= 0.3 is 0 Å². The molecule has 0 spiro atoms. The van der Waals surface area contributed by atoms with Crippen LogP contribution in [0.15, 0.2) is 60.8 Å². The maximum absolute atomic E-state index is 13.1. The van der Waals surface area contributed by atoms with Crippen LogP contribution in [-0.2, 0) is 0 Å². The topological polar surface area (TPSA) is 85.1 Å². The third-order valence-electron chi connectivity index (χ3n) is 5.00. The molecule has 1 unspecified atom stereocenters. The van der Waals surface area contributed by atoms with Crippen molar-refractivity contribution in [1.29, 1.82) is 0 Å². The molecule has 1 aromatic heterocycles. The molecule has 2 heterocycles. The second-order valence-electron chi connectivity index (χ2n) is 6.72. The van der Waals surface area contributed by atoms with Crippen molar-refractivity contribution < 1.29 is 9.59 Å². The summed E-state index contributed by atoms with van der Waals surface area (Å²) in [5.74, 6) is 0.127. The van der Waals surface area contributed by atoms with Crippen molar-refractivity contribution in [1.82, 2.24) is 4.98 Å². The zero-order valence-electron chi connectivity index (χ0n) is 14.9. The molecule has 1 amide bonds. The number of Topliss-reactive ketones (excluding diaryl/α,β-unsaturated/α-hetero) is 1. The molecule has 1 aliphatic rings. The molecular weight excluding hydrogens is 338 g/mol. The highest BCUT2D eigenvalue weighted by molar-refractivity contribution is 6.04. The Balaban J connectivity index is 1.69. The Bertz CT molecular complexity index is 1040. The third kappa shape index (κ3) is 3.08. The summed E-state index contributed by atoms with van der Waals surface area (Å²) in [6, 6.07) is 16.7. The number of rotatable bonds is 4. The fourth-order valence-electron chi connectivity index (χ4n) is 3.46. The average molecular weight is 357 g/mol. The normalized spacial score (nSPS) is 15.1. The standard InChI is InChI=1S/C22H19N3O2/c1-13-4-2-3-5-17(13)20(26)19-12-25-22-18(19)10-16(11-24-22)14-6-8-15(9-7-14)21(23)27/h2-11,19H,12H2,1H3,(H2,23,27)(H,24,25). The number of aryl methyl sites for hydroxylation is 1. The van der Waals surface area contributed by atoms with Gasteiger partial charge in [0.2, 0.25) is 5.91 Å². The molecule has 5 heteroatoms. The highest BCUT2D eigenvalue weighted by Crippen LogP contribution is 2.35. The number of benzene rings is 2. The minimum absolute atomic E-state index is 0.0994. The predicted octanol–water partition coefficient (Wildman–Crippen LogP) is 3.55. The first kappa shape index (κ1) is 17.0. The van der Waals surface area contributed by atoms with Crippen molar-refractivity contribution in [3.63, 3.8) is 0 Å². The Morgan fingerprint density at radius 3 is 2.52 bits per heavy atom. The van der Waals surface area contributed by atoms with Gasteiger partial charge in [0.15, 0.2) is 5.78 Å². The third-order valence-corrected chi connectivity index (χ3v) is 5.00. The van der Waals surface area contributed by atoms with Crippen molar-refractivity contribution in [2.24, 2.45) is 5.73 Å². The molecule has 134 valence electrons. The SMILES string of the molecule is Cc1ccccc1C(=O)C1CNc2ncc(-c3ccc(C(N)=O)cc3)cc21. The summed E-state index contributed by atoms with van der Waals surface area (Å²) >= 11 is 0. The van der Waals surface area contributed by atoms with Crippen molar-refractivity contribution in [2.75, 3.05) is 11.9 Å². The van der Waals surface area contributed by atoms with Gasteiger partial charge in [-0.3, -0.25) is 9.59 Å². The van der Waals surface area contributed by atoms with Crippen LogP contribution in [0.25, 0.3) is 11.1 Å². The summed E-state index contributed by atoms with van der Waals surface area (Å²) in [6.07, 6.45) is 1.77. The van der Waals surface area contributed by atoms with E-state index in [9.17, 15) is 9.59 Å². The first-order valence-corrected chi connectivity index (χ1v) is 8.78. The van der Waals surface area contributed by atoms with Crippen LogP contribution < -0.4 is 11.1 Å². The van der Waals surface area contributed by atoms with E-state index in [0.29, 0.717) is 12.1 Å². The molecule has 3 aromatic rings. The molecule has 2 aromatic carbocycles. The molecule has 0 radical (unpaired) electrons. The number of amides is 1. The molecule has 0 fully saturated rings. The molecular formula is C22H19N3O2. The highest BCUT2D eigenvalue weighted by Gasteiger charge is 2.31. The fraction of sp³-hybridized carbons (Fsp3) is 0.136. The van der Waals surface area contributed by atoms with E-state index in [1.54, 1.807) is 18.3 Å². The van der Waals surface area contributed by atoms with Crippen LogP contribution in [0.1, 0.15) is 37.8 Å². The number of primary amides is 1. The van der Waals surface area contributed by atoms with E-state index in [2.05, 4.69) is 10.3 Å². The van der Waals surface area contributed by atoms with Gasteiger partial charge in [0.25, 0.3) is 0 Å². The number of hydrogen-bond acceptors (Lipinski definition) is 4. The van der Waals surface area contributed by atoms with Gasteiger partial charge in [-0.15, -0.1) is 0 Å². The van der Waals surface area contributed by atoms with Gasteiger partial charge < -0.3 is 11.1 Å². The van der Waals surface area contributed by atoms with Gasteiger partial charge in [0.05, 0.1) is 5.92 Å². The van der Waals surface area contributed by atoms with Crippen LogP contribution in [0, 0.1) is 6.92 Å². The zero-order valence-corrected chi connectivity index (χ0v) is 14.9. The molecule has 4 rings (SSSR count). The van der Waals surface area contributed by atoms with E-state index < -0.39 is 5.91 Å². The Labute approximate surface area is 157 Å². The summed E-state index contributed by atoms with van der Waals surface area (Å²) in [6.45, 7) is 2.49. The summed E-state index contributed by atoms with van der Waals surface area (Å²) < 4.78 is 0. The fourth-order valence-corrected chi connectivity index (χ4v) is 3.46. The minimum Gasteiger partial charge on any atom is -0.369 e. The van der Waals surface area contributed by atoms with Crippen molar-refractivity contribution in [3.8, 4) is 11.1 Å². The first-order chi connectivity index (χ1) is 13.0. The number of fused-ring (bicyclic) bond motifs is 1. The number of carbonyl (C=O) groups excluding carboxylic acids is 2. The number of pyridine rings is 1. The van der Waals surface area contributed by atoms with Crippen LogP contribution in [-0.4, -0.2) is 23.2 Å². The number of nitrogens with one attached hydrogen (secondary N) is 1. The van der Waals surface area contributed by atoms with Crippen LogP contribution in [0.4, 0.5) is 5.82 Å². The summed E-state index contributed by atoms with van der Waals surface area (Å²) in [5, 5.41) is 3.23. The van der Waals surface area contributed by atoms with Crippen LogP contribution in [0.2, 0.25) is 0 Å². The summed E-state index contributed by atoms with van der Waals surface area (Å²) in [7, 11) is 0. The number of nitrogens with zero attached hydrogens (tertiary/aromatic N) is 1. The van der Waals surface area contributed by atoms with Gasteiger partial charge in [0, 0.05) is 35.0 Å². The molecule has 0 saturated carbocycles. The molecule has 3 N–H and O–H groups in total. The highest BCUT2D eigenvalue weighted by atomic mass is 16.1. The van der Waals surface area contributed by atoms with Crippen molar-refractivity contribution in [2.45, 2.75) is 12.8 Å². The molecule has 0 aliphatic carbocycles. The lowest BCUT2D eigenvalue weighted by atomic mass is 9.90. The number of nitrogens with two attached hydrogens (primary N) is 1. The monoisotopic (exact) mass is 357 g/mol. The minimum atomic E-state index is -0.457. The van der Waals surface area contributed by atoms with Gasteiger partial charge in [-0.05, 0) is 36.2 Å². The maximum Gasteiger partial charge on any atom is 0.248 e. The molecule has 0 bridgehead atoms. The van der Waals surface area contributed by atoms with E-state index in [4.69, 9.17) is 5.73 Å². The summed E-state index contributed by atoms with van der Waals surface area (Å²) in [5.41, 5.74) is 10.2. The Morgan fingerprint density at radius 2 is 1.81 bits per heavy atom. The second kappa shape index (κ2) is 6.68. The molecule has 1 atom stereocenters. The number of anilines is 1. The number of aromatic nitrogens is 1. The molecule has 0 saturated heterocycles. The molecule has 27 heavy (non-hydrogen) atoms. The quantitative estimate of drug-likeness (QED) is 0.699. The van der Waals surface area contributed by atoms with Gasteiger partial charge in [-0.25, -0.2) is 4.98 Å². The van der Waals surface area contributed by atoms with Crippen LogP contribution in [0.3, 0.4) is 0 Å². The second-order valence-corrected chi connectivity index (χ2v) is 6.72. The largest absolute Gasteiger partial charge is 0.369 e. The number of carbonyl (C=O) groups is 2. The Morgan fingerprint density at radius 1 is 1.07 bits per heavy atom. The Kier molecular flexibility index (Phi) is 4.20.